The summed E-state index contributed by atoms with van der Waals surface area (Å²) in [5.41, 5.74) is 4.70. The summed E-state index contributed by atoms with van der Waals surface area (Å²) in [6, 6.07) is 19.8. The molecule has 1 amide bonds. The van der Waals surface area contributed by atoms with Gasteiger partial charge in [-0.1, -0.05) is 48.5 Å². The average Bonchev–Trinajstić information content (AvgIpc) is 3.17. The number of carbonyl (C=O) groups is 1. The summed E-state index contributed by atoms with van der Waals surface area (Å²) in [6.45, 7) is 0.0746. The van der Waals surface area contributed by atoms with Crippen molar-refractivity contribution < 1.29 is 9.82 Å². The van der Waals surface area contributed by atoms with Gasteiger partial charge in [-0.2, -0.15) is 0 Å². The van der Waals surface area contributed by atoms with E-state index in [1.807, 2.05) is 60.7 Å². The molecule has 4 aromatic rings. The summed E-state index contributed by atoms with van der Waals surface area (Å²) in [5, 5.41) is 14.4. The Morgan fingerprint density at radius 2 is 1.86 bits per heavy atom. The Hall–Kier alpha value is -3.71. The van der Waals surface area contributed by atoms with Crippen LogP contribution in [0.1, 0.15) is 11.1 Å². The largest absolute Gasteiger partial charge is 0.447 e. The highest BCUT2D eigenvalue weighted by molar-refractivity contribution is 6.43. The molecule has 1 aliphatic rings. The highest BCUT2D eigenvalue weighted by Gasteiger charge is 2.20. The maximum atomic E-state index is 12.3. The summed E-state index contributed by atoms with van der Waals surface area (Å²) in [6.07, 6.45) is 3.41. The van der Waals surface area contributed by atoms with E-state index in [0.29, 0.717) is 5.72 Å². The van der Waals surface area contributed by atoms with Gasteiger partial charge < -0.3 is 14.9 Å². The second kappa shape index (κ2) is 7.03. The van der Waals surface area contributed by atoms with Crippen molar-refractivity contribution in [3.8, 4) is 5.69 Å². The summed E-state index contributed by atoms with van der Waals surface area (Å²) in [7, 11) is 0.974. The van der Waals surface area contributed by atoms with Gasteiger partial charge in [0, 0.05) is 34.6 Å². The first-order valence-electron chi connectivity index (χ1n) is 9.22. The van der Waals surface area contributed by atoms with Crippen LogP contribution < -0.4 is 11.0 Å². The van der Waals surface area contributed by atoms with E-state index in [1.165, 1.54) is 0 Å². The first kappa shape index (κ1) is 17.4. The number of amides is 1. The molecular weight excluding hydrogens is 363 g/mol. The predicted octanol–water partition coefficient (Wildman–Crippen LogP) is 2.05. The first-order chi connectivity index (χ1) is 14.2. The van der Waals surface area contributed by atoms with Crippen LogP contribution in [0.15, 0.2) is 78.0 Å². The third kappa shape index (κ3) is 3.01. The van der Waals surface area contributed by atoms with Gasteiger partial charge in [0.1, 0.15) is 12.3 Å². The Bertz CT molecular complexity index is 1260. The van der Waals surface area contributed by atoms with Gasteiger partial charge in [-0.05, 0) is 17.5 Å². The minimum Gasteiger partial charge on any atom is -0.447 e. The standard InChI is InChI=1S/C22H16BN4O2/c28-19-13-25-20(18-10-7-14-3-1-2-4-17(14)21(18)26-19)15-5-8-16(9-6-15)27-12-11-24-22(27)23-29/h1-12,29H,13H2,(H,26,28). The topological polar surface area (TPSA) is 79.5 Å². The van der Waals surface area contributed by atoms with Crippen molar-refractivity contribution in [2.24, 2.45) is 4.99 Å². The molecule has 2 N–H and O–H groups in total. The molecule has 29 heavy (non-hydrogen) atoms. The van der Waals surface area contributed by atoms with Crippen LogP contribution in [0.2, 0.25) is 0 Å². The molecule has 0 spiro atoms. The van der Waals surface area contributed by atoms with Crippen LogP contribution in [-0.2, 0) is 4.79 Å². The van der Waals surface area contributed by atoms with Crippen molar-refractivity contribution in [1.82, 2.24) is 9.55 Å². The van der Waals surface area contributed by atoms with Gasteiger partial charge in [0.15, 0.2) is 0 Å². The number of anilines is 1. The normalized spacial score (nSPS) is 13.4. The van der Waals surface area contributed by atoms with Crippen LogP contribution in [0.3, 0.4) is 0 Å². The molecule has 0 saturated carbocycles. The SMILES string of the molecule is O=C1CN=C(c2ccc(-n3ccnc3[B]O)cc2)c2ccc3ccccc3c2N1. The molecule has 3 aromatic carbocycles. The van der Waals surface area contributed by atoms with Crippen molar-refractivity contribution in [2.45, 2.75) is 0 Å². The number of hydrogen-bond donors (Lipinski definition) is 2. The molecule has 0 saturated heterocycles. The van der Waals surface area contributed by atoms with E-state index in [2.05, 4.69) is 15.3 Å². The fourth-order valence-corrected chi connectivity index (χ4v) is 3.67. The van der Waals surface area contributed by atoms with E-state index >= 15 is 0 Å². The van der Waals surface area contributed by atoms with Gasteiger partial charge >= 0.3 is 7.48 Å². The predicted molar refractivity (Wildman–Crippen MR) is 114 cm³/mol. The highest BCUT2D eigenvalue weighted by Crippen LogP contribution is 2.31. The molecule has 1 aliphatic heterocycles. The van der Waals surface area contributed by atoms with E-state index in [9.17, 15) is 9.82 Å². The second-order valence-electron chi connectivity index (χ2n) is 6.75. The van der Waals surface area contributed by atoms with Gasteiger partial charge in [0.05, 0.1) is 11.4 Å². The zero-order chi connectivity index (χ0) is 19.8. The van der Waals surface area contributed by atoms with Gasteiger partial charge in [-0.25, -0.2) is 4.98 Å². The quantitative estimate of drug-likeness (QED) is 0.535. The van der Waals surface area contributed by atoms with Crippen LogP contribution in [0.5, 0.6) is 0 Å². The maximum Gasteiger partial charge on any atom is 0.373 e. The van der Waals surface area contributed by atoms with E-state index in [4.69, 9.17) is 0 Å². The molecule has 7 heteroatoms. The number of carbonyl (C=O) groups excluding carboxylic acids is 1. The molecule has 2 heterocycles. The van der Waals surface area contributed by atoms with Gasteiger partial charge in [0.25, 0.3) is 0 Å². The Labute approximate surface area is 167 Å². The summed E-state index contributed by atoms with van der Waals surface area (Å²) < 4.78 is 1.78. The lowest BCUT2D eigenvalue weighted by molar-refractivity contribution is -0.114. The third-order valence-electron chi connectivity index (χ3n) is 5.03. The highest BCUT2D eigenvalue weighted by atomic mass is 16.2. The fourth-order valence-electron chi connectivity index (χ4n) is 3.67. The van der Waals surface area contributed by atoms with Crippen LogP contribution >= 0.6 is 0 Å². The molecule has 1 aromatic heterocycles. The zero-order valence-corrected chi connectivity index (χ0v) is 15.4. The number of imidazole rings is 1. The minimum atomic E-state index is -0.129. The lowest BCUT2D eigenvalue weighted by Crippen LogP contribution is -2.25. The average molecular weight is 379 g/mol. The monoisotopic (exact) mass is 379 g/mol. The number of benzene rings is 3. The molecule has 1 radical (unpaired) electrons. The number of rotatable bonds is 3. The number of aromatic nitrogens is 2. The number of aliphatic imine (C=N–C) groups is 1. The number of fused-ring (bicyclic) bond motifs is 3. The molecule has 0 bridgehead atoms. The van der Waals surface area contributed by atoms with Gasteiger partial charge in [-0.3, -0.25) is 9.79 Å². The minimum absolute atomic E-state index is 0.0746. The van der Waals surface area contributed by atoms with Gasteiger partial charge in [0.2, 0.25) is 5.91 Å². The summed E-state index contributed by atoms with van der Waals surface area (Å²) >= 11 is 0. The molecule has 0 unspecified atom stereocenters. The van der Waals surface area contributed by atoms with Gasteiger partial charge in [-0.15, -0.1) is 0 Å². The van der Waals surface area contributed by atoms with Crippen LogP contribution in [0.25, 0.3) is 16.5 Å². The number of nitrogens with zero attached hydrogens (tertiary/aromatic N) is 3. The zero-order valence-electron chi connectivity index (χ0n) is 15.4. The van der Waals surface area contributed by atoms with Crippen LogP contribution in [0, 0.1) is 0 Å². The molecule has 0 fully saturated rings. The Kier molecular flexibility index (Phi) is 4.22. The van der Waals surface area contributed by atoms with Crippen LogP contribution in [-0.4, -0.2) is 40.2 Å². The molecular formula is C22H16BN4O2. The summed E-state index contributed by atoms with van der Waals surface area (Å²) in [4.78, 5) is 21.0. The lowest BCUT2D eigenvalue weighted by Gasteiger charge is -2.14. The van der Waals surface area contributed by atoms with Crippen molar-refractivity contribution in [3.05, 3.63) is 84.2 Å². The van der Waals surface area contributed by atoms with E-state index < -0.39 is 0 Å². The maximum absolute atomic E-state index is 12.3. The van der Waals surface area contributed by atoms with E-state index in [1.54, 1.807) is 17.0 Å². The Balaban J connectivity index is 1.61. The molecule has 6 nitrogen and oxygen atoms in total. The third-order valence-corrected chi connectivity index (χ3v) is 5.03. The number of hydrogen-bond acceptors (Lipinski definition) is 4. The van der Waals surface area contributed by atoms with Crippen molar-refractivity contribution in [2.75, 3.05) is 11.9 Å². The second-order valence-corrected chi connectivity index (χ2v) is 6.75. The van der Waals surface area contributed by atoms with Crippen LogP contribution in [0.4, 0.5) is 5.69 Å². The molecule has 0 aliphatic carbocycles. The van der Waals surface area contributed by atoms with Crippen molar-refractivity contribution >= 4 is 41.3 Å². The number of nitrogens with one attached hydrogen (secondary N) is 1. The lowest BCUT2D eigenvalue weighted by atomic mass is 9.96. The smallest absolute Gasteiger partial charge is 0.373 e. The van der Waals surface area contributed by atoms with E-state index in [-0.39, 0.29) is 12.5 Å². The first-order valence-corrected chi connectivity index (χ1v) is 9.22. The Morgan fingerprint density at radius 3 is 2.69 bits per heavy atom. The van der Waals surface area contributed by atoms with Crippen molar-refractivity contribution in [3.63, 3.8) is 0 Å². The molecule has 5 rings (SSSR count). The Morgan fingerprint density at radius 1 is 1.03 bits per heavy atom. The van der Waals surface area contributed by atoms with Crippen molar-refractivity contribution in [1.29, 1.82) is 0 Å². The molecule has 139 valence electrons. The summed E-state index contributed by atoms with van der Waals surface area (Å²) in [5.74, 6) is -0.129. The molecule has 0 atom stereocenters. The van der Waals surface area contributed by atoms with E-state index in [0.717, 1.165) is 46.5 Å². The fraction of sp³-hybridized carbons (Fsp3) is 0.0455.